The van der Waals surface area contributed by atoms with Gasteiger partial charge in [-0.1, -0.05) is 48.9 Å². The summed E-state index contributed by atoms with van der Waals surface area (Å²) in [7, 11) is 0. The minimum Gasteiger partial charge on any atom is -0.361 e. The van der Waals surface area contributed by atoms with Crippen LogP contribution in [0.4, 0.5) is 0 Å². The van der Waals surface area contributed by atoms with Crippen molar-refractivity contribution in [2.45, 2.75) is 32.2 Å². The minimum atomic E-state index is -0.0954. The summed E-state index contributed by atoms with van der Waals surface area (Å²) >= 11 is 6.28. The third kappa shape index (κ3) is 4.39. The van der Waals surface area contributed by atoms with E-state index in [0.717, 1.165) is 34.0 Å². The number of halogens is 1. The highest BCUT2D eigenvalue weighted by Gasteiger charge is 2.22. The van der Waals surface area contributed by atoms with Crippen molar-refractivity contribution in [1.29, 1.82) is 0 Å². The highest BCUT2D eigenvalue weighted by Crippen LogP contribution is 2.35. The predicted octanol–water partition coefficient (Wildman–Crippen LogP) is 5.62. The molecule has 4 rings (SSSR count). The maximum atomic E-state index is 12.9. The molecule has 1 atom stereocenters. The molecular weight excluding hydrogens is 394 g/mol. The number of aryl methyl sites for hydroxylation is 1. The monoisotopic (exact) mass is 417 g/mol. The summed E-state index contributed by atoms with van der Waals surface area (Å²) in [6.45, 7) is 2.63. The minimum absolute atomic E-state index is 0.00205. The average Bonchev–Trinajstić information content (AvgIpc) is 3.21. The van der Waals surface area contributed by atoms with E-state index in [1.807, 2.05) is 42.6 Å². The molecule has 0 aliphatic rings. The first-order valence-corrected chi connectivity index (χ1v) is 10.5. The van der Waals surface area contributed by atoms with E-state index in [2.05, 4.69) is 40.4 Å². The molecule has 0 aliphatic carbocycles. The van der Waals surface area contributed by atoms with Crippen LogP contribution in [0.5, 0.6) is 0 Å². The Labute approximate surface area is 181 Å². The summed E-state index contributed by atoms with van der Waals surface area (Å²) in [4.78, 5) is 20.3. The first-order valence-electron chi connectivity index (χ1n) is 10.2. The molecule has 0 spiro atoms. The fourth-order valence-corrected chi connectivity index (χ4v) is 4.11. The fraction of sp³-hybridized carbons (Fsp3) is 0.200. The van der Waals surface area contributed by atoms with Crippen molar-refractivity contribution in [2.24, 2.45) is 0 Å². The van der Waals surface area contributed by atoms with Crippen molar-refractivity contribution < 1.29 is 4.79 Å². The van der Waals surface area contributed by atoms with Gasteiger partial charge < -0.3 is 10.3 Å². The smallest absolute Gasteiger partial charge is 0.221 e. The number of carbonyl (C=O) groups excluding carboxylic acids is 1. The summed E-state index contributed by atoms with van der Waals surface area (Å²) in [6.07, 6.45) is 6.78. The van der Waals surface area contributed by atoms with Gasteiger partial charge in [0.05, 0.1) is 0 Å². The molecule has 5 heteroatoms. The highest BCUT2D eigenvalue weighted by molar-refractivity contribution is 6.30. The Morgan fingerprint density at radius 1 is 1.13 bits per heavy atom. The van der Waals surface area contributed by atoms with Gasteiger partial charge in [0, 0.05) is 53.4 Å². The molecule has 2 heterocycles. The molecule has 0 fully saturated rings. The molecule has 0 unspecified atom stereocenters. The van der Waals surface area contributed by atoms with Crippen LogP contribution in [0, 0.1) is 0 Å². The van der Waals surface area contributed by atoms with Crippen LogP contribution in [0.2, 0.25) is 5.02 Å². The lowest BCUT2D eigenvalue weighted by Crippen LogP contribution is -2.25. The van der Waals surface area contributed by atoms with Crippen LogP contribution in [0.3, 0.4) is 0 Å². The molecule has 2 aromatic heterocycles. The Bertz CT molecular complexity index is 1150. The predicted molar refractivity (Wildman–Crippen MR) is 122 cm³/mol. The number of hydrogen-bond donors (Lipinski definition) is 2. The van der Waals surface area contributed by atoms with E-state index < -0.39 is 0 Å². The largest absolute Gasteiger partial charge is 0.361 e. The Morgan fingerprint density at radius 2 is 1.93 bits per heavy atom. The van der Waals surface area contributed by atoms with Crippen LogP contribution in [0.25, 0.3) is 10.9 Å². The second kappa shape index (κ2) is 9.14. The topological polar surface area (TPSA) is 57.8 Å². The van der Waals surface area contributed by atoms with E-state index in [0.29, 0.717) is 18.0 Å². The van der Waals surface area contributed by atoms with Crippen LogP contribution in [-0.2, 0) is 17.8 Å². The molecule has 0 radical (unpaired) electrons. The van der Waals surface area contributed by atoms with Crippen molar-refractivity contribution in [2.75, 3.05) is 0 Å². The molecule has 0 saturated carbocycles. The lowest BCUT2D eigenvalue weighted by atomic mass is 9.87. The van der Waals surface area contributed by atoms with Crippen LogP contribution in [0.1, 0.15) is 41.5 Å². The van der Waals surface area contributed by atoms with Gasteiger partial charge in [-0.3, -0.25) is 9.78 Å². The second-order valence-electron chi connectivity index (χ2n) is 7.38. The zero-order valence-electron chi connectivity index (χ0n) is 16.9. The van der Waals surface area contributed by atoms with Crippen molar-refractivity contribution in [1.82, 2.24) is 15.3 Å². The first-order chi connectivity index (χ1) is 14.7. The zero-order valence-corrected chi connectivity index (χ0v) is 17.6. The van der Waals surface area contributed by atoms with E-state index >= 15 is 0 Å². The fourth-order valence-electron chi connectivity index (χ4n) is 3.91. The number of H-pyrrole nitrogens is 1. The molecule has 2 aromatic carbocycles. The van der Waals surface area contributed by atoms with Crippen LogP contribution < -0.4 is 5.32 Å². The Morgan fingerprint density at radius 3 is 2.70 bits per heavy atom. The summed E-state index contributed by atoms with van der Waals surface area (Å²) in [5.74, 6) is -0.0974. The van der Waals surface area contributed by atoms with Crippen molar-refractivity contribution in [3.63, 3.8) is 0 Å². The quantitative estimate of drug-likeness (QED) is 0.410. The number of amides is 1. The lowest BCUT2D eigenvalue weighted by Gasteiger charge is -2.18. The summed E-state index contributed by atoms with van der Waals surface area (Å²) in [5, 5.41) is 4.86. The number of nitrogens with zero attached hydrogens (tertiary/aromatic N) is 1. The number of pyridine rings is 1. The standard InChI is InChI=1S/C25H24ClN3O/c1-2-18-5-4-8-21-23(16-29-25(18)21)22(19-6-3-7-20(26)13-19)14-24(30)28-15-17-9-11-27-12-10-17/h3-13,16,22,29H,2,14-15H2,1H3,(H,28,30)/t22-/m0/s1. The molecule has 2 N–H and O–H groups in total. The van der Waals surface area contributed by atoms with Gasteiger partial charge in [-0.15, -0.1) is 0 Å². The molecule has 1 amide bonds. The van der Waals surface area contributed by atoms with E-state index in [9.17, 15) is 4.79 Å². The maximum Gasteiger partial charge on any atom is 0.221 e. The Balaban J connectivity index is 1.65. The second-order valence-corrected chi connectivity index (χ2v) is 7.82. The Kier molecular flexibility index (Phi) is 6.15. The number of hydrogen-bond acceptors (Lipinski definition) is 2. The third-order valence-electron chi connectivity index (χ3n) is 5.47. The number of aromatic nitrogens is 2. The molecule has 30 heavy (non-hydrogen) atoms. The van der Waals surface area contributed by atoms with Gasteiger partial charge >= 0.3 is 0 Å². The van der Waals surface area contributed by atoms with Crippen LogP contribution in [-0.4, -0.2) is 15.9 Å². The number of para-hydroxylation sites is 1. The van der Waals surface area contributed by atoms with Gasteiger partial charge in [0.25, 0.3) is 0 Å². The SMILES string of the molecule is CCc1cccc2c([C@@H](CC(=O)NCc3ccncc3)c3cccc(Cl)c3)c[nH]c12. The number of fused-ring (bicyclic) bond motifs is 1. The maximum absolute atomic E-state index is 12.9. The van der Waals surface area contributed by atoms with Crippen LogP contribution >= 0.6 is 11.6 Å². The number of rotatable bonds is 7. The molecule has 0 aliphatic heterocycles. The summed E-state index contributed by atoms with van der Waals surface area (Å²) in [6, 6.07) is 17.9. The average molecular weight is 418 g/mol. The number of aromatic amines is 1. The van der Waals surface area contributed by atoms with Gasteiger partial charge in [0.15, 0.2) is 0 Å². The number of benzene rings is 2. The molecule has 0 saturated heterocycles. The molecular formula is C25H24ClN3O. The van der Waals surface area contributed by atoms with E-state index in [1.165, 1.54) is 5.56 Å². The normalized spacial score (nSPS) is 12.1. The third-order valence-corrected chi connectivity index (χ3v) is 5.70. The summed E-state index contributed by atoms with van der Waals surface area (Å²) in [5.41, 5.74) is 5.58. The van der Waals surface area contributed by atoms with Gasteiger partial charge in [-0.2, -0.15) is 0 Å². The van der Waals surface area contributed by atoms with Gasteiger partial charge in [-0.25, -0.2) is 0 Å². The Hall–Kier alpha value is -3.11. The molecule has 152 valence electrons. The number of nitrogens with one attached hydrogen (secondary N) is 2. The van der Waals surface area contributed by atoms with Crippen molar-refractivity contribution in [3.05, 3.63) is 100 Å². The van der Waals surface area contributed by atoms with Crippen molar-refractivity contribution in [3.8, 4) is 0 Å². The van der Waals surface area contributed by atoms with Crippen LogP contribution in [0.15, 0.2) is 73.2 Å². The van der Waals surface area contributed by atoms with E-state index in [-0.39, 0.29) is 11.8 Å². The highest BCUT2D eigenvalue weighted by atomic mass is 35.5. The molecule has 4 aromatic rings. The number of carbonyl (C=O) groups is 1. The van der Waals surface area contributed by atoms with Gasteiger partial charge in [0.1, 0.15) is 0 Å². The van der Waals surface area contributed by atoms with Gasteiger partial charge in [0.2, 0.25) is 5.91 Å². The first kappa shape index (κ1) is 20.2. The lowest BCUT2D eigenvalue weighted by molar-refractivity contribution is -0.121. The van der Waals surface area contributed by atoms with E-state index in [1.54, 1.807) is 12.4 Å². The molecule has 4 nitrogen and oxygen atoms in total. The van der Waals surface area contributed by atoms with Gasteiger partial charge in [-0.05, 0) is 52.9 Å². The molecule has 0 bridgehead atoms. The van der Waals surface area contributed by atoms with E-state index in [4.69, 9.17) is 11.6 Å². The zero-order chi connectivity index (χ0) is 20.9. The summed E-state index contributed by atoms with van der Waals surface area (Å²) < 4.78 is 0. The van der Waals surface area contributed by atoms with Crippen molar-refractivity contribution >= 4 is 28.4 Å².